The fourth-order valence-corrected chi connectivity index (χ4v) is 2.50. The van der Waals surface area contributed by atoms with Gasteiger partial charge in [-0.1, -0.05) is 12.8 Å². The van der Waals surface area contributed by atoms with E-state index in [0.717, 1.165) is 25.7 Å². The lowest BCUT2D eigenvalue weighted by molar-refractivity contribution is -0.136. The Balaban J connectivity index is 2.64. The fraction of sp³-hybridized carbons (Fsp3) is 0.857. The van der Waals surface area contributed by atoms with Crippen molar-refractivity contribution in [2.45, 2.75) is 64.1 Å². The summed E-state index contributed by atoms with van der Waals surface area (Å²) in [6.07, 6.45) is 3.49. The van der Waals surface area contributed by atoms with E-state index in [4.69, 9.17) is 9.84 Å². The Morgan fingerprint density at radius 3 is 2.45 bits per heavy atom. The van der Waals surface area contributed by atoms with Crippen molar-refractivity contribution in [3.8, 4) is 0 Å². The van der Waals surface area contributed by atoms with Crippen molar-refractivity contribution < 1.29 is 19.4 Å². The summed E-state index contributed by atoms with van der Waals surface area (Å²) in [5, 5.41) is 11.8. The Bertz CT molecular complexity index is 352. The molecule has 116 valence electrons. The normalized spacial score (nSPS) is 23.2. The molecule has 0 saturated heterocycles. The molecule has 0 aromatic carbocycles. The molecule has 0 radical (unpaired) electrons. The number of aliphatic carboxylic acids is 1. The van der Waals surface area contributed by atoms with E-state index in [2.05, 4.69) is 5.32 Å². The molecular weight excluding hydrogens is 260 g/mol. The molecule has 1 rings (SSSR count). The summed E-state index contributed by atoms with van der Waals surface area (Å²) < 4.78 is 5.37. The quantitative estimate of drug-likeness (QED) is 0.824. The first kappa shape index (κ1) is 16.8. The van der Waals surface area contributed by atoms with Gasteiger partial charge in [-0.2, -0.15) is 0 Å². The topological polar surface area (TPSA) is 78.9 Å². The molecule has 6 nitrogen and oxygen atoms in total. The SMILES string of the molecule is CN(C(=O)OC(C)(C)C)C1CCCCC1NCC(=O)O. The highest BCUT2D eigenvalue weighted by Crippen LogP contribution is 2.24. The van der Waals surface area contributed by atoms with Crippen LogP contribution in [-0.4, -0.2) is 53.3 Å². The summed E-state index contributed by atoms with van der Waals surface area (Å²) in [6.45, 7) is 5.42. The maximum Gasteiger partial charge on any atom is 0.410 e. The van der Waals surface area contributed by atoms with Crippen LogP contribution in [0.25, 0.3) is 0 Å². The highest BCUT2D eigenvalue weighted by molar-refractivity contribution is 5.69. The van der Waals surface area contributed by atoms with E-state index in [-0.39, 0.29) is 24.7 Å². The van der Waals surface area contributed by atoms with Gasteiger partial charge in [-0.05, 0) is 33.6 Å². The molecule has 20 heavy (non-hydrogen) atoms. The molecule has 0 bridgehead atoms. The van der Waals surface area contributed by atoms with Gasteiger partial charge in [-0.3, -0.25) is 4.79 Å². The van der Waals surface area contributed by atoms with E-state index in [1.165, 1.54) is 0 Å². The van der Waals surface area contributed by atoms with E-state index in [0.29, 0.717) is 0 Å². The van der Waals surface area contributed by atoms with Crippen LogP contribution in [0, 0.1) is 0 Å². The molecule has 1 fully saturated rings. The number of rotatable bonds is 4. The van der Waals surface area contributed by atoms with Crippen LogP contribution in [0.1, 0.15) is 46.5 Å². The number of carboxylic acids is 1. The molecular formula is C14H26N2O4. The van der Waals surface area contributed by atoms with Gasteiger partial charge < -0.3 is 20.1 Å². The number of nitrogens with one attached hydrogen (secondary N) is 1. The minimum atomic E-state index is -0.880. The maximum atomic E-state index is 12.1. The monoisotopic (exact) mass is 286 g/mol. The summed E-state index contributed by atoms with van der Waals surface area (Å²) in [5.41, 5.74) is -0.524. The van der Waals surface area contributed by atoms with Crippen LogP contribution in [0.15, 0.2) is 0 Å². The molecule has 6 heteroatoms. The number of likely N-dealkylation sites (N-methyl/N-ethyl adjacent to an activating group) is 1. The minimum absolute atomic E-state index is 0.0115. The molecule has 1 amide bonds. The second-order valence-electron chi connectivity index (χ2n) is 6.32. The Kier molecular flexibility index (Phi) is 5.80. The highest BCUT2D eigenvalue weighted by Gasteiger charge is 2.32. The zero-order valence-electron chi connectivity index (χ0n) is 12.8. The fourth-order valence-electron chi connectivity index (χ4n) is 2.50. The highest BCUT2D eigenvalue weighted by atomic mass is 16.6. The largest absolute Gasteiger partial charge is 0.480 e. The second-order valence-corrected chi connectivity index (χ2v) is 6.32. The third kappa shape index (κ3) is 5.36. The molecule has 2 unspecified atom stereocenters. The number of carbonyl (C=O) groups is 2. The number of nitrogens with zero attached hydrogens (tertiary/aromatic N) is 1. The zero-order chi connectivity index (χ0) is 15.3. The smallest absolute Gasteiger partial charge is 0.410 e. The lowest BCUT2D eigenvalue weighted by Crippen LogP contribution is -2.54. The summed E-state index contributed by atoms with van der Waals surface area (Å²) in [6, 6.07) is -0.00433. The summed E-state index contributed by atoms with van der Waals surface area (Å²) in [4.78, 5) is 24.4. The lowest BCUT2D eigenvalue weighted by atomic mass is 9.89. The molecule has 1 saturated carbocycles. The number of hydrogen-bond acceptors (Lipinski definition) is 4. The molecule has 0 aliphatic heterocycles. The zero-order valence-corrected chi connectivity index (χ0v) is 12.8. The van der Waals surface area contributed by atoms with Crippen molar-refractivity contribution in [2.75, 3.05) is 13.6 Å². The number of amides is 1. The van der Waals surface area contributed by atoms with Gasteiger partial charge in [-0.25, -0.2) is 4.79 Å². The van der Waals surface area contributed by atoms with Crippen LogP contribution in [0.2, 0.25) is 0 Å². The molecule has 0 aromatic rings. The van der Waals surface area contributed by atoms with E-state index in [9.17, 15) is 9.59 Å². The second kappa shape index (κ2) is 6.92. The van der Waals surface area contributed by atoms with Gasteiger partial charge in [0.2, 0.25) is 0 Å². The summed E-state index contributed by atoms with van der Waals surface area (Å²) in [7, 11) is 1.72. The number of ether oxygens (including phenoxy) is 1. The average molecular weight is 286 g/mol. The summed E-state index contributed by atoms with van der Waals surface area (Å²) in [5.74, 6) is -0.880. The van der Waals surface area contributed by atoms with Gasteiger partial charge in [0.05, 0.1) is 12.6 Å². The first-order valence-corrected chi connectivity index (χ1v) is 7.11. The van der Waals surface area contributed by atoms with Crippen molar-refractivity contribution in [3.63, 3.8) is 0 Å². The number of carbonyl (C=O) groups excluding carboxylic acids is 1. The van der Waals surface area contributed by atoms with Crippen LogP contribution >= 0.6 is 0 Å². The predicted octanol–water partition coefficient (Wildman–Crippen LogP) is 1.84. The minimum Gasteiger partial charge on any atom is -0.480 e. The van der Waals surface area contributed by atoms with Gasteiger partial charge in [0, 0.05) is 13.1 Å². The summed E-state index contributed by atoms with van der Waals surface area (Å²) >= 11 is 0. The molecule has 0 aromatic heterocycles. The molecule has 0 spiro atoms. The van der Waals surface area contributed by atoms with Gasteiger partial charge in [0.15, 0.2) is 0 Å². The Morgan fingerprint density at radius 2 is 1.90 bits per heavy atom. The molecule has 1 aliphatic rings. The van der Waals surface area contributed by atoms with Gasteiger partial charge in [-0.15, -0.1) is 0 Å². The molecule has 1 aliphatic carbocycles. The van der Waals surface area contributed by atoms with Crippen LogP contribution in [0.5, 0.6) is 0 Å². The Morgan fingerprint density at radius 1 is 1.30 bits per heavy atom. The van der Waals surface area contributed by atoms with E-state index >= 15 is 0 Å². The first-order chi connectivity index (χ1) is 9.20. The predicted molar refractivity (Wildman–Crippen MR) is 75.7 cm³/mol. The van der Waals surface area contributed by atoms with Crippen molar-refractivity contribution >= 4 is 12.1 Å². The van der Waals surface area contributed by atoms with Crippen LogP contribution < -0.4 is 5.32 Å². The average Bonchev–Trinajstić information content (AvgIpc) is 2.33. The molecule has 2 N–H and O–H groups in total. The van der Waals surface area contributed by atoms with Gasteiger partial charge in [0.1, 0.15) is 5.60 Å². The first-order valence-electron chi connectivity index (χ1n) is 7.11. The lowest BCUT2D eigenvalue weighted by Gasteiger charge is -2.38. The van der Waals surface area contributed by atoms with E-state index < -0.39 is 11.6 Å². The van der Waals surface area contributed by atoms with Crippen molar-refractivity contribution in [2.24, 2.45) is 0 Å². The van der Waals surface area contributed by atoms with E-state index in [1.807, 2.05) is 20.8 Å². The van der Waals surface area contributed by atoms with Gasteiger partial charge in [0.25, 0.3) is 0 Å². The van der Waals surface area contributed by atoms with Crippen molar-refractivity contribution in [3.05, 3.63) is 0 Å². The third-order valence-corrected chi connectivity index (χ3v) is 3.42. The third-order valence-electron chi connectivity index (χ3n) is 3.42. The van der Waals surface area contributed by atoms with Crippen molar-refractivity contribution in [1.82, 2.24) is 10.2 Å². The van der Waals surface area contributed by atoms with Gasteiger partial charge >= 0.3 is 12.1 Å². The van der Waals surface area contributed by atoms with Crippen LogP contribution in [0.4, 0.5) is 4.79 Å². The number of hydrogen-bond donors (Lipinski definition) is 2. The molecule has 0 heterocycles. The Hall–Kier alpha value is -1.30. The van der Waals surface area contributed by atoms with Crippen LogP contribution in [0.3, 0.4) is 0 Å². The number of carboxylic acid groups (broad SMARTS) is 1. The van der Waals surface area contributed by atoms with Crippen LogP contribution in [-0.2, 0) is 9.53 Å². The Labute approximate surface area is 120 Å². The molecule has 2 atom stereocenters. The standard InChI is InChI=1S/C14H26N2O4/c1-14(2,3)20-13(19)16(4)11-8-6-5-7-10(11)15-9-12(17)18/h10-11,15H,5-9H2,1-4H3,(H,17,18). The maximum absolute atomic E-state index is 12.1. The van der Waals surface area contributed by atoms with Crippen molar-refractivity contribution in [1.29, 1.82) is 0 Å². The van der Waals surface area contributed by atoms with E-state index in [1.54, 1.807) is 11.9 Å².